The number of hydrogen-bond acceptors (Lipinski definition) is 4. The first-order valence-corrected chi connectivity index (χ1v) is 5.23. The average Bonchev–Trinajstić information content (AvgIpc) is 2.48. The lowest BCUT2D eigenvalue weighted by Crippen LogP contribution is -2.45. The molecule has 1 rings (SSSR count). The van der Waals surface area contributed by atoms with Gasteiger partial charge in [-0.1, -0.05) is 0 Å². The predicted molar refractivity (Wildman–Crippen MR) is 58.5 cm³/mol. The van der Waals surface area contributed by atoms with Crippen molar-refractivity contribution in [3.8, 4) is 0 Å². The molecule has 1 amide bonds. The Balaban J connectivity index is 2.51. The van der Waals surface area contributed by atoms with Crippen molar-refractivity contribution in [1.82, 2.24) is 5.32 Å². The Morgan fingerprint density at radius 1 is 1.38 bits per heavy atom. The highest BCUT2D eigenvalue weighted by atomic mass is 16.2. The molecule has 0 bridgehead atoms. The van der Waals surface area contributed by atoms with Gasteiger partial charge >= 0.3 is 0 Å². The smallest absolute Gasteiger partial charge is 0.237 e. The summed E-state index contributed by atoms with van der Waals surface area (Å²) in [6, 6.07) is -0.827. The van der Waals surface area contributed by atoms with Crippen LogP contribution >= 0.6 is 0 Å². The summed E-state index contributed by atoms with van der Waals surface area (Å²) in [7, 11) is 0. The summed E-state index contributed by atoms with van der Waals surface area (Å²) in [5, 5.41) is 2.64. The number of hydrogen-bond donors (Lipinski definition) is 2. The van der Waals surface area contributed by atoms with E-state index in [4.69, 9.17) is 5.73 Å². The van der Waals surface area contributed by atoms with Gasteiger partial charge in [0.2, 0.25) is 5.91 Å². The number of amides is 1. The van der Waals surface area contributed by atoms with Crippen LogP contribution in [0.25, 0.3) is 0 Å². The van der Waals surface area contributed by atoms with Gasteiger partial charge in [-0.2, -0.15) is 0 Å². The van der Waals surface area contributed by atoms with Crippen LogP contribution in [-0.4, -0.2) is 29.6 Å². The molecule has 1 aliphatic rings. The third kappa shape index (κ3) is 3.00. The lowest BCUT2D eigenvalue weighted by Gasteiger charge is -2.16. The molecule has 0 aromatic rings. The molecule has 0 aromatic carbocycles. The third-order valence-corrected chi connectivity index (χ3v) is 2.36. The molecule has 0 aliphatic heterocycles. The molecule has 5 nitrogen and oxygen atoms in total. The molecule has 0 fully saturated rings. The van der Waals surface area contributed by atoms with Gasteiger partial charge in [0.25, 0.3) is 0 Å². The largest absolute Gasteiger partial charge is 0.353 e. The Morgan fingerprint density at radius 3 is 2.31 bits per heavy atom. The highest BCUT2D eigenvalue weighted by Crippen LogP contribution is 2.16. The van der Waals surface area contributed by atoms with Crippen LogP contribution in [0, 0.1) is 5.92 Å². The van der Waals surface area contributed by atoms with Crippen LogP contribution in [0.5, 0.6) is 0 Å². The molecule has 3 N–H and O–H groups in total. The first-order valence-electron chi connectivity index (χ1n) is 5.23. The van der Waals surface area contributed by atoms with Gasteiger partial charge in [-0.15, -0.1) is 0 Å². The molecule has 0 aromatic heterocycles. The van der Waals surface area contributed by atoms with E-state index in [9.17, 15) is 14.4 Å². The van der Waals surface area contributed by atoms with Crippen LogP contribution in [0.2, 0.25) is 0 Å². The number of nitrogens with two attached hydrogens (primary N) is 1. The van der Waals surface area contributed by atoms with Gasteiger partial charge in [0.05, 0.1) is 12.0 Å². The summed E-state index contributed by atoms with van der Waals surface area (Å²) < 4.78 is 0. The standard InChI is InChI=1S/C11H16N2O3/c1-6(2)13-11(16)8(12)5-7-9(14)3-4-10(7)15/h3-4,6-8H,5,12H2,1-2H3,(H,13,16). The van der Waals surface area contributed by atoms with Crippen LogP contribution < -0.4 is 11.1 Å². The van der Waals surface area contributed by atoms with Gasteiger partial charge in [0, 0.05) is 6.04 Å². The molecule has 5 heteroatoms. The van der Waals surface area contributed by atoms with E-state index in [0.717, 1.165) is 0 Å². The van der Waals surface area contributed by atoms with Crippen molar-refractivity contribution in [2.75, 3.05) is 0 Å². The lowest BCUT2D eigenvalue weighted by molar-refractivity contribution is -0.127. The van der Waals surface area contributed by atoms with Crippen LogP contribution in [0.1, 0.15) is 20.3 Å². The van der Waals surface area contributed by atoms with Crippen LogP contribution in [0.3, 0.4) is 0 Å². The highest BCUT2D eigenvalue weighted by Gasteiger charge is 2.31. The summed E-state index contributed by atoms with van der Waals surface area (Å²) in [6.45, 7) is 3.64. The summed E-state index contributed by atoms with van der Waals surface area (Å²) in [5.74, 6) is -1.63. The third-order valence-electron chi connectivity index (χ3n) is 2.36. The molecule has 0 spiro atoms. The molecular formula is C11H16N2O3. The normalized spacial score (nSPS) is 18.2. The van der Waals surface area contributed by atoms with Gasteiger partial charge in [0.15, 0.2) is 11.6 Å². The number of allylic oxidation sites excluding steroid dienone is 2. The second kappa shape index (κ2) is 5.03. The maximum Gasteiger partial charge on any atom is 0.237 e. The number of carbonyl (C=O) groups excluding carboxylic acids is 3. The Bertz CT molecular complexity index is 329. The zero-order valence-electron chi connectivity index (χ0n) is 9.40. The van der Waals surface area contributed by atoms with Crippen molar-refractivity contribution in [2.45, 2.75) is 32.4 Å². The fourth-order valence-electron chi connectivity index (χ4n) is 1.52. The molecule has 88 valence electrons. The Labute approximate surface area is 94.1 Å². The van der Waals surface area contributed by atoms with E-state index in [1.807, 2.05) is 13.8 Å². The van der Waals surface area contributed by atoms with Crippen molar-refractivity contribution in [2.24, 2.45) is 11.7 Å². The molecule has 1 aliphatic carbocycles. The fraction of sp³-hybridized carbons (Fsp3) is 0.545. The molecule has 0 saturated heterocycles. The molecule has 0 radical (unpaired) electrons. The van der Waals surface area contributed by atoms with E-state index in [1.54, 1.807) is 0 Å². The minimum Gasteiger partial charge on any atom is -0.353 e. The van der Waals surface area contributed by atoms with Gasteiger partial charge in [-0.3, -0.25) is 14.4 Å². The zero-order chi connectivity index (χ0) is 12.3. The first kappa shape index (κ1) is 12.6. The van der Waals surface area contributed by atoms with Gasteiger partial charge in [-0.25, -0.2) is 0 Å². The van der Waals surface area contributed by atoms with Crippen LogP contribution in [0.15, 0.2) is 12.2 Å². The Morgan fingerprint density at radius 2 is 1.88 bits per heavy atom. The topological polar surface area (TPSA) is 89.3 Å². The van der Waals surface area contributed by atoms with E-state index in [1.165, 1.54) is 12.2 Å². The van der Waals surface area contributed by atoms with Crippen molar-refractivity contribution in [3.63, 3.8) is 0 Å². The van der Waals surface area contributed by atoms with Crippen molar-refractivity contribution in [1.29, 1.82) is 0 Å². The van der Waals surface area contributed by atoms with E-state index >= 15 is 0 Å². The molecule has 16 heavy (non-hydrogen) atoms. The molecule has 0 heterocycles. The van der Waals surface area contributed by atoms with Crippen molar-refractivity contribution >= 4 is 17.5 Å². The van der Waals surface area contributed by atoms with Crippen molar-refractivity contribution in [3.05, 3.63) is 12.2 Å². The summed E-state index contributed by atoms with van der Waals surface area (Å²) >= 11 is 0. The monoisotopic (exact) mass is 224 g/mol. The summed E-state index contributed by atoms with van der Waals surface area (Å²) in [5.41, 5.74) is 5.63. The second-order valence-electron chi connectivity index (χ2n) is 4.20. The minimum atomic E-state index is -0.819. The maximum absolute atomic E-state index is 11.5. The minimum absolute atomic E-state index is 0.00773. The molecule has 1 atom stereocenters. The van der Waals surface area contributed by atoms with Crippen LogP contribution in [-0.2, 0) is 14.4 Å². The maximum atomic E-state index is 11.5. The van der Waals surface area contributed by atoms with E-state index in [-0.39, 0.29) is 29.9 Å². The van der Waals surface area contributed by atoms with E-state index in [0.29, 0.717) is 0 Å². The fourth-order valence-corrected chi connectivity index (χ4v) is 1.52. The number of carbonyl (C=O) groups is 3. The van der Waals surface area contributed by atoms with Gasteiger partial charge in [-0.05, 0) is 32.4 Å². The van der Waals surface area contributed by atoms with E-state index in [2.05, 4.69) is 5.32 Å². The van der Waals surface area contributed by atoms with Crippen molar-refractivity contribution < 1.29 is 14.4 Å². The zero-order valence-corrected chi connectivity index (χ0v) is 9.40. The molecule has 0 saturated carbocycles. The Kier molecular flexibility index (Phi) is 3.95. The van der Waals surface area contributed by atoms with Crippen LogP contribution in [0.4, 0.5) is 0 Å². The first-order chi connectivity index (χ1) is 7.41. The number of nitrogens with one attached hydrogen (secondary N) is 1. The predicted octanol–water partition coefficient (Wildman–Crippen LogP) is -0.447. The Hall–Kier alpha value is -1.49. The number of rotatable bonds is 4. The summed E-state index contributed by atoms with van der Waals surface area (Å²) in [4.78, 5) is 34.0. The quantitative estimate of drug-likeness (QED) is 0.633. The molecule has 1 unspecified atom stereocenters. The van der Waals surface area contributed by atoms with Gasteiger partial charge in [0.1, 0.15) is 0 Å². The van der Waals surface area contributed by atoms with E-state index < -0.39 is 12.0 Å². The number of ketones is 2. The second-order valence-corrected chi connectivity index (χ2v) is 4.20. The summed E-state index contributed by atoms with van der Waals surface area (Å²) in [6.07, 6.45) is 2.55. The SMILES string of the molecule is CC(C)NC(=O)C(N)CC1C(=O)C=CC1=O. The lowest BCUT2D eigenvalue weighted by atomic mass is 9.96. The average molecular weight is 224 g/mol. The van der Waals surface area contributed by atoms with Gasteiger partial charge < -0.3 is 11.1 Å². The molecular weight excluding hydrogens is 208 g/mol. The highest BCUT2D eigenvalue weighted by molar-refractivity contribution is 6.18.